The molecule has 0 aliphatic carbocycles. The zero-order chi connectivity index (χ0) is 50.1. The van der Waals surface area contributed by atoms with Crippen molar-refractivity contribution in [3.8, 4) is 34.7 Å². The largest absolute Gasteiger partial charge is 0.494 e. The predicted octanol–water partition coefficient (Wildman–Crippen LogP) is 5.78. The lowest BCUT2D eigenvalue weighted by molar-refractivity contribution is 0.311. The van der Waals surface area contributed by atoms with E-state index in [1.54, 1.807) is 42.9 Å². The van der Waals surface area contributed by atoms with Crippen molar-refractivity contribution >= 4 is 39.2 Å². The van der Waals surface area contributed by atoms with Crippen LogP contribution in [0.2, 0.25) is 0 Å². The maximum atomic E-state index is 11.4. The van der Waals surface area contributed by atoms with Gasteiger partial charge in [0.15, 0.2) is 11.5 Å². The molecule has 0 saturated heterocycles. The number of rotatable bonds is 19. The summed E-state index contributed by atoms with van der Waals surface area (Å²) in [6, 6.07) is 31.2. The summed E-state index contributed by atoms with van der Waals surface area (Å²) >= 11 is 0. The quantitative estimate of drug-likeness (QED) is 0.0697. The molecule has 23 heteroatoms. The highest BCUT2D eigenvalue weighted by Crippen LogP contribution is 2.20. The number of aryl methyl sites for hydroxylation is 2. The molecule has 8 heterocycles. The third kappa shape index (κ3) is 13.9. The first-order valence-corrected chi connectivity index (χ1v) is 24.7. The highest BCUT2D eigenvalue weighted by Gasteiger charge is 2.19. The maximum Gasteiger partial charge on any atom is 0.259 e. The predicted molar refractivity (Wildman–Crippen MR) is 268 cm³/mol. The van der Waals surface area contributed by atoms with Crippen molar-refractivity contribution in [3.05, 3.63) is 157 Å². The van der Waals surface area contributed by atoms with E-state index in [9.17, 15) is 8.42 Å². The van der Waals surface area contributed by atoms with Crippen LogP contribution in [0.25, 0.3) is 34.7 Å². The van der Waals surface area contributed by atoms with E-state index in [2.05, 4.69) is 91.8 Å². The van der Waals surface area contributed by atoms with E-state index in [-0.39, 0.29) is 23.5 Å². The lowest BCUT2D eigenvalue weighted by Gasteiger charge is -2.08. The van der Waals surface area contributed by atoms with Crippen molar-refractivity contribution in [2.75, 3.05) is 49.3 Å². The van der Waals surface area contributed by atoms with Crippen LogP contribution in [0.4, 0.5) is 17.8 Å². The smallest absolute Gasteiger partial charge is 0.259 e. The lowest BCUT2D eigenvalue weighted by Crippen LogP contribution is -2.12. The molecule has 0 radical (unpaired) electrons. The molecule has 0 fully saturated rings. The SMILES string of the molecule is CS(=O)(=O)c1nc(N)n2nc(-c3ccco3)nc2n1.NCCc1ccc(OCCCc2cccnc2)cc1.Nc1nc(NCCc2ccc(OCCCc3cccnc3)cc2)nc2nc(-c3ccco3)nn12. The summed E-state index contributed by atoms with van der Waals surface area (Å²) < 4.78 is 47.4. The van der Waals surface area contributed by atoms with Crippen LogP contribution in [0.1, 0.15) is 35.1 Å². The maximum absolute atomic E-state index is 11.4. The molecule has 72 heavy (non-hydrogen) atoms. The Morgan fingerprint density at radius 2 is 1.10 bits per heavy atom. The monoisotopic (exact) mass is 992 g/mol. The molecule has 7 N–H and O–H groups in total. The van der Waals surface area contributed by atoms with Crippen LogP contribution < -0.4 is 32.0 Å². The molecule has 0 bridgehead atoms. The van der Waals surface area contributed by atoms with Gasteiger partial charge < -0.3 is 40.8 Å². The Morgan fingerprint density at radius 3 is 1.57 bits per heavy atom. The second-order valence-corrected chi connectivity index (χ2v) is 17.8. The van der Waals surface area contributed by atoms with Crippen molar-refractivity contribution in [1.82, 2.24) is 59.1 Å². The van der Waals surface area contributed by atoms with Gasteiger partial charge in [-0.3, -0.25) is 9.97 Å². The van der Waals surface area contributed by atoms with E-state index in [4.69, 9.17) is 35.5 Å². The molecule has 0 unspecified atom stereocenters. The molecule has 0 aliphatic rings. The minimum absolute atomic E-state index is 0.0410. The number of nitrogens with zero attached hydrogens (tertiary/aromatic N) is 12. The molecule has 370 valence electrons. The highest BCUT2D eigenvalue weighted by atomic mass is 32.2. The number of fused-ring (bicyclic) bond motifs is 2. The molecule has 0 aliphatic heterocycles. The third-order valence-corrected chi connectivity index (χ3v) is 11.3. The number of furan rings is 2. The number of pyridine rings is 2. The van der Waals surface area contributed by atoms with Gasteiger partial charge in [-0.15, -0.1) is 10.2 Å². The molecule has 10 rings (SSSR count). The van der Waals surface area contributed by atoms with Gasteiger partial charge in [0.25, 0.3) is 16.7 Å². The Bertz CT molecular complexity index is 3340. The molecule has 8 aromatic heterocycles. The highest BCUT2D eigenvalue weighted by molar-refractivity contribution is 7.90. The summed E-state index contributed by atoms with van der Waals surface area (Å²) in [7, 11) is -3.57. The van der Waals surface area contributed by atoms with E-state index in [0.717, 1.165) is 67.4 Å². The first-order valence-electron chi connectivity index (χ1n) is 22.8. The molecule has 0 saturated carbocycles. The number of hydrogen-bond acceptors (Lipinski definition) is 20. The Kier molecular flexibility index (Phi) is 16.6. The van der Waals surface area contributed by atoms with Crippen molar-refractivity contribution in [1.29, 1.82) is 0 Å². The van der Waals surface area contributed by atoms with Gasteiger partial charge in [0, 0.05) is 37.6 Å². The molecule has 0 spiro atoms. The number of ether oxygens (including phenoxy) is 2. The molecular weight excluding hydrogens is 941 g/mol. The number of aromatic nitrogens is 12. The topological polar surface area (TPSA) is 307 Å². The van der Waals surface area contributed by atoms with Gasteiger partial charge in [-0.2, -0.15) is 38.9 Å². The van der Waals surface area contributed by atoms with Crippen LogP contribution in [0.3, 0.4) is 0 Å². The zero-order valence-corrected chi connectivity index (χ0v) is 40.0. The first kappa shape index (κ1) is 49.6. The molecule has 2 aromatic carbocycles. The van der Waals surface area contributed by atoms with Gasteiger partial charge >= 0.3 is 0 Å². The fourth-order valence-electron chi connectivity index (χ4n) is 6.87. The van der Waals surface area contributed by atoms with E-state index in [1.807, 2.05) is 48.8 Å². The number of sulfone groups is 1. The molecule has 0 amide bonds. The van der Waals surface area contributed by atoms with Crippen molar-refractivity contribution in [2.24, 2.45) is 5.73 Å². The van der Waals surface area contributed by atoms with Gasteiger partial charge in [-0.25, -0.2) is 8.42 Å². The fourth-order valence-corrected chi connectivity index (χ4v) is 7.38. The molecular formula is C49H52N16O6S. The number of hydrogen-bond donors (Lipinski definition) is 4. The molecule has 0 atom stereocenters. The second-order valence-electron chi connectivity index (χ2n) is 15.9. The summed E-state index contributed by atoms with van der Waals surface area (Å²) in [6.45, 7) is 2.72. The Morgan fingerprint density at radius 1 is 0.583 bits per heavy atom. The summed E-state index contributed by atoms with van der Waals surface area (Å²) in [4.78, 5) is 32.8. The van der Waals surface area contributed by atoms with Crippen molar-refractivity contribution < 1.29 is 26.7 Å². The van der Waals surface area contributed by atoms with Crippen LogP contribution in [0.15, 0.2) is 148 Å². The van der Waals surface area contributed by atoms with Gasteiger partial charge in [0.2, 0.25) is 39.3 Å². The van der Waals surface area contributed by atoms with E-state index >= 15 is 0 Å². The molecule has 22 nitrogen and oxygen atoms in total. The van der Waals surface area contributed by atoms with Gasteiger partial charge in [0.1, 0.15) is 11.5 Å². The van der Waals surface area contributed by atoms with Crippen molar-refractivity contribution in [2.45, 2.75) is 43.7 Å². The number of nitrogens with two attached hydrogens (primary N) is 3. The van der Waals surface area contributed by atoms with E-state index in [0.29, 0.717) is 48.8 Å². The number of anilines is 3. The van der Waals surface area contributed by atoms with Gasteiger partial charge in [-0.05, 0) is 128 Å². The van der Waals surface area contributed by atoms with Crippen LogP contribution in [0, 0.1) is 0 Å². The van der Waals surface area contributed by atoms with Crippen LogP contribution in [-0.4, -0.2) is 100 Å². The van der Waals surface area contributed by atoms with E-state index < -0.39 is 15.0 Å². The molecule has 10 aromatic rings. The number of benzene rings is 2. The van der Waals surface area contributed by atoms with E-state index in [1.165, 1.54) is 33.0 Å². The second kappa shape index (κ2) is 24.1. The minimum Gasteiger partial charge on any atom is -0.494 e. The van der Waals surface area contributed by atoms with Crippen molar-refractivity contribution in [3.63, 3.8) is 0 Å². The lowest BCUT2D eigenvalue weighted by atomic mass is 10.1. The third-order valence-electron chi connectivity index (χ3n) is 10.4. The van der Waals surface area contributed by atoms with Gasteiger partial charge in [0.05, 0.1) is 25.7 Å². The number of nitrogen functional groups attached to an aromatic ring is 2. The fraction of sp³-hybridized carbons (Fsp3) is 0.224. The standard InChI is InChI=1S/C24H24N8O2.C16H20N2O.C9H8N6O3S/c25-22-29-23(30-24-28-21(31-32(22)24)20-6-3-15-34-20)27-13-11-17-7-9-19(10-8-17)33-14-2-5-18-4-1-12-26-16-18;17-10-9-14-5-7-16(8-6-14)19-12-2-4-15-3-1-11-18-13-15;1-19(16,17)9-12-7(10)15-8(13-9)11-6(14-15)5-3-2-4-18-5/h1,3-4,6-10,12,15-16H,2,5,11,13-14H2,(H3,25,27,28,29,30,31);1,3,5-8,11,13H,2,4,9-10,12,17H2;2-4H,1H3,(H2,10,11,12,13,14). The zero-order valence-electron chi connectivity index (χ0n) is 39.2. The Hall–Kier alpha value is -8.83. The van der Waals surface area contributed by atoms with Crippen LogP contribution in [0.5, 0.6) is 11.5 Å². The first-order chi connectivity index (χ1) is 35.1. The van der Waals surface area contributed by atoms with Gasteiger partial charge in [-0.1, -0.05) is 36.4 Å². The summed E-state index contributed by atoms with van der Waals surface area (Å²) in [5.41, 5.74) is 22.1. The summed E-state index contributed by atoms with van der Waals surface area (Å²) in [6.07, 6.45) is 17.0. The summed E-state index contributed by atoms with van der Waals surface area (Å²) in [5.74, 6) is 4.28. The summed E-state index contributed by atoms with van der Waals surface area (Å²) in [5, 5.41) is 11.1. The Labute approximate surface area is 413 Å². The Balaban J connectivity index is 0.000000156. The average Bonchev–Trinajstić information content (AvgIpc) is 4.25. The van der Waals surface area contributed by atoms with Crippen LogP contribution >= 0.6 is 0 Å². The minimum atomic E-state index is -3.57. The normalized spacial score (nSPS) is 11.1. The number of nitrogens with one attached hydrogen (secondary N) is 1. The van der Waals surface area contributed by atoms with Crippen LogP contribution in [-0.2, 0) is 35.5 Å². The average molecular weight is 993 g/mol.